The number of amides is 2. The third-order valence-corrected chi connectivity index (χ3v) is 4.53. The zero-order valence-corrected chi connectivity index (χ0v) is 16.1. The first-order valence-electron chi connectivity index (χ1n) is 8.84. The van der Waals surface area contributed by atoms with E-state index in [2.05, 4.69) is 5.32 Å². The highest BCUT2D eigenvalue weighted by molar-refractivity contribution is 5.97. The van der Waals surface area contributed by atoms with Crippen LogP contribution in [0.4, 0.5) is 10.1 Å². The summed E-state index contributed by atoms with van der Waals surface area (Å²) in [5.41, 5.74) is 6.17. The average molecular weight is 408 g/mol. The number of hydrogen-bond donors (Lipinski definition) is 2. The highest BCUT2D eigenvalue weighted by atomic mass is 35.5. The number of rotatable bonds is 6. The molecule has 1 heterocycles. The predicted molar refractivity (Wildman–Crippen MR) is 107 cm³/mol. The van der Waals surface area contributed by atoms with Gasteiger partial charge in [0.05, 0.1) is 11.3 Å². The van der Waals surface area contributed by atoms with Crippen molar-refractivity contribution < 1.29 is 18.7 Å². The molecular weight excluding hydrogens is 385 g/mol. The fourth-order valence-electron chi connectivity index (χ4n) is 3.04. The zero-order chi connectivity index (χ0) is 19.2. The minimum Gasteiger partial charge on any atom is -0.483 e. The molecule has 1 fully saturated rings. The van der Waals surface area contributed by atoms with Crippen LogP contribution in [-0.4, -0.2) is 43.0 Å². The lowest BCUT2D eigenvalue weighted by molar-refractivity contribution is -0.118. The number of halogens is 2. The monoisotopic (exact) mass is 407 g/mol. The van der Waals surface area contributed by atoms with Crippen molar-refractivity contribution in [2.75, 3.05) is 31.6 Å². The van der Waals surface area contributed by atoms with E-state index in [1.165, 1.54) is 18.2 Å². The highest BCUT2D eigenvalue weighted by Crippen LogP contribution is 2.24. The van der Waals surface area contributed by atoms with E-state index in [-0.39, 0.29) is 30.6 Å². The molecule has 0 spiro atoms. The summed E-state index contributed by atoms with van der Waals surface area (Å²) >= 11 is 0. The smallest absolute Gasteiger partial charge is 0.262 e. The summed E-state index contributed by atoms with van der Waals surface area (Å²) in [7, 11) is 0. The molecule has 1 aliphatic rings. The number of hydrogen-bond acceptors (Lipinski definition) is 4. The molecule has 28 heavy (non-hydrogen) atoms. The summed E-state index contributed by atoms with van der Waals surface area (Å²) in [6, 6.07) is 12.7. The fraction of sp³-hybridized carbons (Fsp3) is 0.300. The van der Waals surface area contributed by atoms with E-state index in [1.807, 2.05) is 0 Å². The van der Waals surface area contributed by atoms with Crippen molar-refractivity contribution in [2.24, 2.45) is 11.7 Å². The summed E-state index contributed by atoms with van der Waals surface area (Å²) in [6.45, 7) is 1.50. The van der Waals surface area contributed by atoms with Crippen LogP contribution in [0, 0.1) is 11.7 Å². The molecule has 0 saturated carbocycles. The fourth-order valence-corrected chi connectivity index (χ4v) is 3.04. The van der Waals surface area contributed by atoms with Gasteiger partial charge in [0.25, 0.3) is 11.8 Å². The number of carbonyl (C=O) groups is 2. The first-order valence-corrected chi connectivity index (χ1v) is 8.84. The number of likely N-dealkylation sites (tertiary alicyclic amines) is 1. The lowest BCUT2D eigenvalue weighted by atomic mass is 10.1. The maximum absolute atomic E-state index is 13.6. The van der Waals surface area contributed by atoms with Crippen molar-refractivity contribution in [2.45, 2.75) is 6.42 Å². The molecule has 2 aromatic rings. The summed E-state index contributed by atoms with van der Waals surface area (Å²) < 4.78 is 19.1. The molecule has 1 aliphatic heterocycles. The molecular formula is C20H23ClFN3O3. The van der Waals surface area contributed by atoms with E-state index in [0.717, 1.165) is 6.42 Å². The largest absolute Gasteiger partial charge is 0.483 e. The molecule has 3 N–H and O–H groups in total. The van der Waals surface area contributed by atoms with Gasteiger partial charge >= 0.3 is 0 Å². The SMILES string of the molecule is Cl.NCC1CCN(C(=O)c2ccccc2OCC(=O)Nc2ccccc2F)C1. The van der Waals surface area contributed by atoms with E-state index in [0.29, 0.717) is 36.9 Å². The molecule has 2 amide bonds. The number of carbonyl (C=O) groups excluding carboxylic acids is 2. The van der Waals surface area contributed by atoms with Crippen LogP contribution < -0.4 is 15.8 Å². The molecule has 0 aliphatic carbocycles. The van der Waals surface area contributed by atoms with Crippen molar-refractivity contribution in [1.82, 2.24) is 4.90 Å². The summed E-state index contributed by atoms with van der Waals surface area (Å²) in [4.78, 5) is 26.6. The molecule has 3 rings (SSSR count). The number of para-hydroxylation sites is 2. The minimum absolute atomic E-state index is 0. The molecule has 0 bridgehead atoms. The van der Waals surface area contributed by atoms with E-state index < -0.39 is 11.7 Å². The Bertz CT molecular complexity index is 834. The quantitative estimate of drug-likeness (QED) is 0.771. The Morgan fingerprint density at radius 1 is 1.18 bits per heavy atom. The number of nitrogens with one attached hydrogen (secondary N) is 1. The Hall–Kier alpha value is -2.64. The second-order valence-corrected chi connectivity index (χ2v) is 6.45. The molecule has 2 aromatic carbocycles. The van der Waals surface area contributed by atoms with Gasteiger partial charge < -0.3 is 20.7 Å². The van der Waals surface area contributed by atoms with E-state index in [1.54, 1.807) is 35.2 Å². The lowest BCUT2D eigenvalue weighted by Crippen LogP contribution is -2.30. The Kier molecular flexibility index (Phi) is 7.78. The maximum Gasteiger partial charge on any atom is 0.262 e. The lowest BCUT2D eigenvalue weighted by Gasteiger charge is -2.18. The molecule has 8 heteroatoms. The first-order chi connectivity index (χ1) is 13.1. The Morgan fingerprint density at radius 3 is 2.61 bits per heavy atom. The van der Waals surface area contributed by atoms with Gasteiger partial charge in [0.2, 0.25) is 0 Å². The van der Waals surface area contributed by atoms with Gasteiger partial charge in [-0.15, -0.1) is 12.4 Å². The summed E-state index contributed by atoms with van der Waals surface area (Å²) in [5.74, 6) is -0.538. The van der Waals surface area contributed by atoms with Crippen LogP contribution >= 0.6 is 12.4 Å². The van der Waals surface area contributed by atoms with Crippen LogP contribution in [0.5, 0.6) is 5.75 Å². The Labute approximate surface area is 169 Å². The van der Waals surface area contributed by atoms with Crippen molar-refractivity contribution in [1.29, 1.82) is 0 Å². The van der Waals surface area contributed by atoms with Crippen LogP contribution in [0.1, 0.15) is 16.8 Å². The molecule has 1 saturated heterocycles. The molecule has 0 radical (unpaired) electrons. The van der Waals surface area contributed by atoms with Crippen LogP contribution in [0.25, 0.3) is 0 Å². The molecule has 6 nitrogen and oxygen atoms in total. The van der Waals surface area contributed by atoms with Crippen LogP contribution in [0.15, 0.2) is 48.5 Å². The van der Waals surface area contributed by atoms with Gasteiger partial charge in [0.1, 0.15) is 11.6 Å². The zero-order valence-electron chi connectivity index (χ0n) is 15.3. The number of nitrogens with zero attached hydrogens (tertiary/aromatic N) is 1. The standard InChI is InChI=1S/C20H22FN3O3.ClH/c21-16-6-2-3-7-17(16)23-19(25)13-27-18-8-4-1-5-15(18)20(26)24-10-9-14(11-22)12-24;/h1-8,14H,9-13,22H2,(H,23,25);1H. The predicted octanol–water partition coefficient (Wildman–Crippen LogP) is 2.69. The third-order valence-electron chi connectivity index (χ3n) is 4.53. The van der Waals surface area contributed by atoms with Crippen molar-refractivity contribution in [3.63, 3.8) is 0 Å². The minimum atomic E-state index is -0.523. The van der Waals surface area contributed by atoms with Crippen LogP contribution in [-0.2, 0) is 4.79 Å². The van der Waals surface area contributed by atoms with Gasteiger partial charge in [0, 0.05) is 13.1 Å². The van der Waals surface area contributed by atoms with E-state index in [4.69, 9.17) is 10.5 Å². The van der Waals surface area contributed by atoms with Gasteiger partial charge in [-0.3, -0.25) is 9.59 Å². The number of anilines is 1. The second-order valence-electron chi connectivity index (χ2n) is 6.45. The van der Waals surface area contributed by atoms with Gasteiger partial charge in [-0.05, 0) is 43.1 Å². The number of benzene rings is 2. The summed E-state index contributed by atoms with van der Waals surface area (Å²) in [6.07, 6.45) is 0.885. The maximum atomic E-state index is 13.6. The molecule has 150 valence electrons. The van der Waals surface area contributed by atoms with Gasteiger partial charge in [0.15, 0.2) is 6.61 Å². The number of nitrogens with two attached hydrogens (primary N) is 1. The first kappa shape index (κ1) is 21.7. The van der Waals surface area contributed by atoms with Crippen molar-refractivity contribution >= 4 is 29.9 Å². The van der Waals surface area contributed by atoms with Crippen LogP contribution in [0.3, 0.4) is 0 Å². The van der Waals surface area contributed by atoms with E-state index >= 15 is 0 Å². The normalized spacial score (nSPS) is 15.6. The Morgan fingerprint density at radius 2 is 1.89 bits per heavy atom. The summed E-state index contributed by atoms with van der Waals surface area (Å²) in [5, 5.41) is 2.45. The topological polar surface area (TPSA) is 84.7 Å². The average Bonchev–Trinajstić information content (AvgIpc) is 3.17. The number of ether oxygens (including phenoxy) is 1. The van der Waals surface area contributed by atoms with Gasteiger partial charge in [-0.1, -0.05) is 24.3 Å². The van der Waals surface area contributed by atoms with Crippen molar-refractivity contribution in [3.05, 3.63) is 59.9 Å². The third kappa shape index (κ3) is 5.21. The molecule has 0 aromatic heterocycles. The second kappa shape index (κ2) is 10.1. The van der Waals surface area contributed by atoms with Gasteiger partial charge in [-0.2, -0.15) is 0 Å². The Balaban J connectivity index is 0.00000280. The van der Waals surface area contributed by atoms with E-state index in [9.17, 15) is 14.0 Å². The van der Waals surface area contributed by atoms with Gasteiger partial charge in [-0.25, -0.2) is 4.39 Å². The highest BCUT2D eigenvalue weighted by Gasteiger charge is 2.27. The molecule has 1 atom stereocenters. The van der Waals surface area contributed by atoms with Crippen LogP contribution in [0.2, 0.25) is 0 Å². The molecule has 1 unspecified atom stereocenters. The van der Waals surface area contributed by atoms with Crippen molar-refractivity contribution in [3.8, 4) is 5.75 Å².